The molecule has 4 rings (SSSR count). The van der Waals surface area contributed by atoms with Crippen molar-refractivity contribution in [3.05, 3.63) is 59.1 Å². The first kappa shape index (κ1) is 20.4. The Kier molecular flexibility index (Phi) is 6.04. The number of halogens is 1. The third-order valence-corrected chi connectivity index (χ3v) is 5.93. The van der Waals surface area contributed by atoms with Crippen molar-refractivity contribution in [1.29, 1.82) is 0 Å². The number of rotatable bonds is 4. The topological polar surface area (TPSA) is 69.7 Å². The van der Waals surface area contributed by atoms with E-state index >= 15 is 0 Å². The summed E-state index contributed by atoms with van der Waals surface area (Å²) in [6.45, 7) is 1.26. The highest BCUT2D eigenvalue weighted by molar-refractivity contribution is 6.30. The smallest absolute Gasteiger partial charge is 0.254 e. The summed E-state index contributed by atoms with van der Waals surface area (Å²) in [5.41, 5.74) is 1.99. The number of carbonyl (C=O) groups excluding carboxylic acids is 3. The van der Waals surface area contributed by atoms with Crippen LogP contribution in [0.25, 0.3) is 0 Å². The molecule has 1 N–H and O–H groups in total. The molecule has 0 aromatic heterocycles. The van der Waals surface area contributed by atoms with E-state index in [4.69, 9.17) is 11.6 Å². The first-order chi connectivity index (χ1) is 14.5. The Balaban J connectivity index is 1.44. The van der Waals surface area contributed by atoms with Gasteiger partial charge in [0.1, 0.15) is 6.04 Å². The van der Waals surface area contributed by atoms with E-state index in [1.807, 2.05) is 12.1 Å². The van der Waals surface area contributed by atoms with Crippen LogP contribution < -0.4 is 10.2 Å². The molecule has 30 heavy (non-hydrogen) atoms. The summed E-state index contributed by atoms with van der Waals surface area (Å²) in [7, 11) is 0. The van der Waals surface area contributed by atoms with Crippen LogP contribution in [0.5, 0.6) is 0 Å². The Labute approximate surface area is 180 Å². The van der Waals surface area contributed by atoms with E-state index in [2.05, 4.69) is 5.32 Å². The van der Waals surface area contributed by atoms with Gasteiger partial charge in [-0.1, -0.05) is 11.6 Å². The van der Waals surface area contributed by atoms with Crippen LogP contribution in [0.15, 0.2) is 48.5 Å². The lowest BCUT2D eigenvalue weighted by atomic mass is 10.1. The minimum Gasteiger partial charge on any atom is -0.327 e. The largest absolute Gasteiger partial charge is 0.327 e. The number of hydrogen-bond acceptors (Lipinski definition) is 3. The lowest BCUT2D eigenvalue weighted by Gasteiger charge is -2.27. The minimum absolute atomic E-state index is 0.124. The number of piperidine rings is 1. The average molecular weight is 426 g/mol. The molecular formula is C23H24ClN3O3. The maximum atomic E-state index is 13.1. The molecule has 2 aliphatic heterocycles. The molecule has 2 aliphatic rings. The second kappa shape index (κ2) is 8.88. The van der Waals surface area contributed by atoms with Crippen LogP contribution in [0.2, 0.25) is 5.02 Å². The molecule has 0 bridgehead atoms. The van der Waals surface area contributed by atoms with Crippen LogP contribution in [0.4, 0.5) is 11.4 Å². The molecule has 0 aliphatic carbocycles. The fourth-order valence-electron chi connectivity index (χ4n) is 4.07. The van der Waals surface area contributed by atoms with Crippen molar-refractivity contribution in [1.82, 2.24) is 4.90 Å². The molecule has 2 aromatic rings. The summed E-state index contributed by atoms with van der Waals surface area (Å²) in [5.74, 6) is -0.238. The number of hydrogen-bond donors (Lipinski definition) is 1. The second-order valence-electron chi connectivity index (χ2n) is 7.70. The van der Waals surface area contributed by atoms with E-state index < -0.39 is 6.04 Å². The van der Waals surface area contributed by atoms with Gasteiger partial charge in [-0.3, -0.25) is 14.4 Å². The zero-order chi connectivity index (χ0) is 21.1. The number of nitrogens with zero attached hydrogens (tertiary/aromatic N) is 2. The zero-order valence-corrected chi connectivity index (χ0v) is 17.4. The monoisotopic (exact) mass is 425 g/mol. The zero-order valence-electron chi connectivity index (χ0n) is 16.6. The quantitative estimate of drug-likeness (QED) is 0.801. The van der Waals surface area contributed by atoms with E-state index in [1.165, 1.54) is 0 Å². The molecule has 1 atom stereocenters. The van der Waals surface area contributed by atoms with Crippen LogP contribution in [-0.2, 0) is 9.59 Å². The number of benzene rings is 2. The SMILES string of the molecule is O=C(Nc1ccc(Cl)cc1)C1CCCN1C(=O)c1ccc(N2CCCCC2=O)cc1. The number of amides is 3. The number of nitrogens with one attached hydrogen (secondary N) is 1. The van der Waals surface area contributed by atoms with Gasteiger partial charge in [0.15, 0.2) is 0 Å². The van der Waals surface area contributed by atoms with Gasteiger partial charge >= 0.3 is 0 Å². The Bertz CT molecular complexity index is 943. The van der Waals surface area contributed by atoms with Crippen molar-refractivity contribution < 1.29 is 14.4 Å². The predicted molar refractivity (Wildman–Crippen MR) is 117 cm³/mol. The Morgan fingerprint density at radius 3 is 2.37 bits per heavy atom. The lowest BCUT2D eigenvalue weighted by molar-refractivity contribution is -0.120. The summed E-state index contributed by atoms with van der Waals surface area (Å²) >= 11 is 5.89. The fourth-order valence-corrected chi connectivity index (χ4v) is 4.20. The number of carbonyl (C=O) groups is 3. The molecule has 2 heterocycles. The number of anilines is 2. The molecule has 156 valence electrons. The standard InChI is InChI=1S/C23H24ClN3O3/c24-17-8-10-18(11-9-17)25-22(29)20-4-3-15-27(20)23(30)16-6-12-19(13-7-16)26-14-2-1-5-21(26)28/h6-13,20H,1-5,14-15H2,(H,25,29). The van der Waals surface area contributed by atoms with Crippen LogP contribution >= 0.6 is 11.6 Å². The summed E-state index contributed by atoms with van der Waals surface area (Å²) < 4.78 is 0. The molecule has 0 saturated carbocycles. The highest BCUT2D eigenvalue weighted by Gasteiger charge is 2.34. The normalized spacial score (nSPS) is 19.1. The van der Waals surface area contributed by atoms with Gasteiger partial charge in [0.25, 0.3) is 5.91 Å². The molecule has 0 spiro atoms. The van der Waals surface area contributed by atoms with Crippen molar-refractivity contribution in [2.24, 2.45) is 0 Å². The Morgan fingerprint density at radius 1 is 0.933 bits per heavy atom. The van der Waals surface area contributed by atoms with Crippen LogP contribution in [0, 0.1) is 0 Å². The molecule has 1 unspecified atom stereocenters. The molecule has 2 aromatic carbocycles. The van der Waals surface area contributed by atoms with Gasteiger partial charge in [-0.05, 0) is 74.2 Å². The average Bonchev–Trinajstić information content (AvgIpc) is 3.25. The highest BCUT2D eigenvalue weighted by atomic mass is 35.5. The third-order valence-electron chi connectivity index (χ3n) is 5.68. The summed E-state index contributed by atoms with van der Waals surface area (Å²) in [6, 6.07) is 13.5. The predicted octanol–water partition coefficient (Wildman–Crippen LogP) is 4.10. The summed E-state index contributed by atoms with van der Waals surface area (Å²) in [6.07, 6.45) is 3.90. The maximum absolute atomic E-state index is 13.1. The van der Waals surface area contributed by atoms with Gasteiger partial charge in [0.2, 0.25) is 11.8 Å². The molecule has 2 saturated heterocycles. The van der Waals surface area contributed by atoms with Gasteiger partial charge in [-0.2, -0.15) is 0 Å². The van der Waals surface area contributed by atoms with Gasteiger partial charge in [0.05, 0.1) is 0 Å². The van der Waals surface area contributed by atoms with Gasteiger partial charge in [-0.15, -0.1) is 0 Å². The fraction of sp³-hybridized carbons (Fsp3) is 0.348. The third kappa shape index (κ3) is 4.33. The van der Waals surface area contributed by atoms with Crippen LogP contribution in [0.3, 0.4) is 0 Å². The van der Waals surface area contributed by atoms with E-state index in [-0.39, 0.29) is 17.7 Å². The Hall–Kier alpha value is -2.86. The number of likely N-dealkylation sites (tertiary alicyclic amines) is 1. The van der Waals surface area contributed by atoms with Crippen LogP contribution in [0.1, 0.15) is 42.5 Å². The van der Waals surface area contributed by atoms with Gasteiger partial charge < -0.3 is 15.1 Å². The first-order valence-electron chi connectivity index (χ1n) is 10.3. The van der Waals surface area contributed by atoms with E-state index in [9.17, 15) is 14.4 Å². The molecule has 7 heteroatoms. The Morgan fingerprint density at radius 2 is 1.67 bits per heavy atom. The van der Waals surface area contributed by atoms with Crippen molar-refractivity contribution in [3.8, 4) is 0 Å². The lowest BCUT2D eigenvalue weighted by Crippen LogP contribution is -2.43. The first-order valence-corrected chi connectivity index (χ1v) is 10.7. The summed E-state index contributed by atoms with van der Waals surface area (Å²) in [5, 5.41) is 3.47. The summed E-state index contributed by atoms with van der Waals surface area (Å²) in [4.78, 5) is 41.3. The van der Waals surface area contributed by atoms with E-state index in [1.54, 1.807) is 46.2 Å². The van der Waals surface area contributed by atoms with E-state index in [0.29, 0.717) is 42.2 Å². The van der Waals surface area contributed by atoms with E-state index in [0.717, 1.165) is 24.9 Å². The van der Waals surface area contributed by atoms with Crippen molar-refractivity contribution in [2.75, 3.05) is 23.3 Å². The second-order valence-corrected chi connectivity index (χ2v) is 8.14. The minimum atomic E-state index is -0.503. The maximum Gasteiger partial charge on any atom is 0.254 e. The highest BCUT2D eigenvalue weighted by Crippen LogP contribution is 2.25. The molecular weight excluding hydrogens is 402 g/mol. The molecule has 3 amide bonds. The van der Waals surface area contributed by atoms with Crippen LogP contribution in [-0.4, -0.2) is 41.8 Å². The molecule has 6 nitrogen and oxygen atoms in total. The molecule has 0 radical (unpaired) electrons. The van der Waals surface area contributed by atoms with Gasteiger partial charge in [-0.25, -0.2) is 0 Å². The van der Waals surface area contributed by atoms with Gasteiger partial charge in [0, 0.05) is 41.5 Å². The van der Waals surface area contributed by atoms with Crippen molar-refractivity contribution in [3.63, 3.8) is 0 Å². The van der Waals surface area contributed by atoms with Crippen molar-refractivity contribution >= 4 is 40.7 Å². The molecule has 2 fully saturated rings. The van der Waals surface area contributed by atoms with Crippen molar-refractivity contribution in [2.45, 2.75) is 38.1 Å².